The number of sulfonamides is 1. The van der Waals surface area contributed by atoms with Gasteiger partial charge in [0, 0.05) is 23.3 Å². The monoisotopic (exact) mass is 438 g/mol. The van der Waals surface area contributed by atoms with Crippen molar-refractivity contribution in [3.8, 4) is 0 Å². The van der Waals surface area contributed by atoms with Gasteiger partial charge in [-0.2, -0.15) is 0 Å². The second kappa shape index (κ2) is 8.34. The number of anilines is 1. The van der Waals surface area contributed by atoms with Crippen LogP contribution >= 0.6 is 11.6 Å². The van der Waals surface area contributed by atoms with E-state index < -0.39 is 15.8 Å². The van der Waals surface area contributed by atoms with Crippen molar-refractivity contribution >= 4 is 33.1 Å². The van der Waals surface area contributed by atoms with E-state index in [-0.39, 0.29) is 11.4 Å². The number of fused-ring (bicyclic) bond motifs is 1. The van der Waals surface area contributed by atoms with Gasteiger partial charge in [0.15, 0.2) is 4.91 Å². The maximum atomic E-state index is 13.4. The normalized spacial score (nSPS) is 16.4. The predicted molar refractivity (Wildman–Crippen MR) is 119 cm³/mol. The molecule has 0 bridgehead atoms. The molecule has 0 saturated heterocycles. The lowest BCUT2D eigenvalue weighted by atomic mass is 10.1. The Morgan fingerprint density at radius 3 is 2.27 bits per heavy atom. The van der Waals surface area contributed by atoms with Crippen LogP contribution in [0.1, 0.15) is 21.5 Å². The topological polar surface area (TPSA) is 66.5 Å². The third-order valence-corrected chi connectivity index (χ3v) is 6.85. The molecule has 4 rings (SSSR count). The van der Waals surface area contributed by atoms with Crippen molar-refractivity contribution in [2.75, 3.05) is 4.31 Å². The molecule has 1 aliphatic rings. The van der Waals surface area contributed by atoms with E-state index in [4.69, 9.17) is 11.6 Å². The molecule has 0 amide bonds. The van der Waals surface area contributed by atoms with E-state index in [0.717, 1.165) is 11.1 Å². The van der Waals surface area contributed by atoms with Gasteiger partial charge in [-0.1, -0.05) is 66.2 Å². The standard InChI is InChI=1S/C23H19ClN2O3S/c24-19-12-10-17(11-13-19)14-25-15-22-23(27)20-8-4-5-9-21(20)26(30(22,28)29)16-18-6-2-1-3-7-18/h1-13,15,25H,14,16H2/b22-15-. The summed E-state index contributed by atoms with van der Waals surface area (Å²) in [5.41, 5.74) is 2.50. The summed E-state index contributed by atoms with van der Waals surface area (Å²) >= 11 is 5.89. The Bertz CT molecular complexity index is 1210. The number of Topliss-reactive ketones (excluding diaryl/α,β-unsaturated/α-hetero) is 1. The first-order valence-corrected chi connectivity index (χ1v) is 11.2. The minimum absolute atomic E-state index is 0.141. The van der Waals surface area contributed by atoms with E-state index in [9.17, 15) is 13.2 Å². The Morgan fingerprint density at radius 1 is 0.867 bits per heavy atom. The van der Waals surface area contributed by atoms with E-state index in [1.54, 1.807) is 36.4 Å². The van der Waals surface area contributed by atoms with Gasteiger partial charge in [-0.05, 0) is 35.4 Å². The summed E-state index contributed by atoms with van der Waals surface area (Å²) in [5.74, 6) is -0.515. The molecule has 0 fully saturated rings. The van der Waals surface area contributed by atoms with Crippen molar-refractivity contribution in [1.29, 1.82) is 0 Å². The Morgan fingerprint density at radius 2 is 1.53 bits per heavy atom. The largest absolute Gasteiger partial charge is 0.386 e. The van der Waals surface area contributed by atoms with Crippen LogP contribution in [0.5, 0.6) is 0 Å². The second-order valence-electron chi connectivity index (χ2n) is 6.86. The molecule has 7 heteroatoms. The van der Waals surface area contributed by atoms with Crippen LogP contribution in [0.3, 0.4) is 0 Å². The Kier molecular flexibility index (Phi) is 5.61. The van der Waals surface area contributed by atoms with Crippen molar-refractivity contribution < 1.29 is 13.2 Å². The molecule has 3 aromatic rings. The highest BCUT2D eigenvalue weighted by atomic mass is 35.5. The molecule has 0 atom stereocenters. The number of nitrogens with one attached hydrogen (secondary N) is 1. The van der Waals surface area contributed by atoms with Gasteiger partial charge in [0.25, 0.3) is 10.0 Å². The molecule has 5 nitrogen and oxygen atoms in total. The van der Waals surface area contributed by atoms with Gasteiger partial charge in [0.2, 0.25) is 5.78 Å². The van der Waals surface area contributed by atoms with Crippen LogP contribution < -0.4 is 9.62 Å². The molecule has 0 radical (unpaired) electrons. The van der Waals surface area contributed by atoms with Crippen LogP contribution in [-0.2, 0) is 23.1 Å². The smallest absolute Gasteiger partial charge is 0.270 e. The number of ketones is 1. The number of hydrogen-bond acceptors (Lipinski definition) is 4. The molecule has 1 aliphatic heterocycles. The van der Waals surface area contributed by atoms with Gasteiger partial charge in [-0.15, -0.1) is 0 Å². The van der Waals surface area contributed by atoms with Crippen molar-refractivity contribution in [3.05, 3.63) is 112 Å². The van der Waals surface area contributed by atoms with Crippen LogP contribution in [0.4, 0.5) is 5.69 Å². The molecular formula is C23H19ClN2O3S. The molecule has 0 unspecified atom stereocenters. The fourth-order valence-corrected chi connectivity index (χ4v) is 4.98. The molecule has 30 heavy (non-hydrogen) atoms. The van der Waals surface area contributed by atoms with E-state index in [0.29, 0.717) is 22.8 Å². The average molecular weight is 439 g/mol. The van der Waals surface area contributed by atoms with Crippen LogP contribution in [0.2, 0.25) is 5.02 Å². The lowest BCUT2D eigenvalue weighted by molar-refractivity contribution is 0.104. The van der Waals surface area contributed by atoms with Crippen LogP contribution in [0.25, 0.3) is 0 Å². The summed E-state index contributed by atoms with van der Waals surface area (Å²) in [5, 5.41) is 3.58. The Labute approximate surface area is 180 Å². The Balaban J connectivity index is 1.68. The number of nitrogens with zero attached hydrogens (tertiary/aromatic N) is 1. The zero-order chi connectivity index (χ0) is 21.1. The molecule has 1 N–H and O–H groups in total. The third-order valence-electron chi connectivity index (χ3n) is 4.83. The van der Waals surface area contributed by atoms with Crippen molar-refractivity contribution in [2.45, 2.75) is 13.1 Å². The SMILES string of the molecule is O=C1/C(=C/NCc2ccc(Cl)cc2)S(=O)(=O)N(Cc2ccccc2)c2ccccc21. The van der Waals surface area contributed by atoms with Crippen molar-refractivity contribution in [2.24, 2.45) is 0 Å². The summed E-state index contributed by atoms with van der Waals surface area (Å²) in [7, 11) is -4.02. The molecule has 152 valence electrons. The first kappa shape index (κ1) is 20.2. The van der Waals surface area contributed by atoms with E-state index in [2.05, 4.69) is 5.32 Å². The molecule has 0 spiro atoms. The highest BCUT2D eigenvalue weighted by molar-refractivity contribution is 7.97. The summed E-state index contributed by atoms with van der Waals surface area (Å²) in [4.78, 5) is 12.7. The molecular weight excluding hydrogens is 420 g/mol. The first-order chi connectivity index (χ1) is 14.5. The predicted octanol–water partition coefficient (Wildman–Crippen LogP) is 4.50. The first-order valence-electron chi connectivity index (χ1n) is 9.35. The van der Waals surface area contributed by atoms with Crippen LogP contribution in [0, 0.1) is 0 Å². The molecule has 0 saturated carbocycles. The van der Waals surface area contributed by atoms with Gasteiger partial charge in [-0.3, -0.25) is 9.10 Å². The number of rotatable bonds is 5. The van der Waals surface area contributed by atoms with E-state index in [1.165, 1.54) is 10.5 Å². The van der Waals surface area contributed by atoms with Crippen molar-refractivity contribution in [1.82, 2.24) is 5.32 Å². The van der Waals surface area contributed by atoms with E-state index >= 15 is 0 Å². The molecule has 3 aromatic carbocycles. The van der Waals surface area contributed by atoms with Crippen LogP contribution in [-0.4, -0.2) is 14.2 Å². The number of hydrogen-bond donors (Lipinski definition) is 1. The number of carbonyl (C=O) groups excluding carboxylic acids is 1. The summed E-state index contributed by atoms with van der Waals surface area (Å²) < 4.78 is 28.0. The highest BCUT2D eigenvalue weighted by Gasteiger charge is 2.39. The lowest BCUT2D eigenvalue weighted by Crippen LogP contribution is -2.39. The number of carbonyl (C=O) groups is 1. The number of halogens is 1. The maximum absolute atomic E-state index is 13.4. The van der Waals surface area contributed by atoms with Crippen molar-refractivity contribution in [3.63, 3.8) is 0 Å². The van der Waals surface area contributed by atoms with Crippen LogP contribution in [0.15, 0.2) is 90.0 Å². The maximum Gasteiger partial charge on any atom is 0.270 e. The average Bonchev–Trinajstić information content (AvgIpc) is 2.76. The van der Waals surface area contributed by atoms with E-state index in [1.807, 2.05) is 42.5 Å². The summed E-state index contributed by atoms with van der Waals surface area (Å²) in [6.45, 7) is 0.506. The van der Waals surface area contributed by atoms with Gasteiger partial charge < -0.3 is 5.32 Å². The number of allylic oxidation sites excluding steroid dienone is 1. The fourth-order valence-electron chi connectivity index (χ4n) is 3.30. The zero-order valence-corrected chi connectivity index (χ0v) is 17.5. The van der Waals surface area contributed by atoms with Gasteiger partial charge in [0.1, 0.15) is 0 Å². The number of benzene rings is 3. The van der Waals surface area contributed by atoms with Gasteiger partial charge in [-0.25, -0.2) is 8.42 Å². The molecule has 0 aliphatic carbocycles. The minimum atomic E-state index is -4.02. The minimum Gasteiger partial charge on any atom is -0.386 e. The summed E-state index contributed by atoms with van der Waals surface area (Å²) in [6.07, 6.45) is 1.29. The quantitative estimate of drug-likeness (QED) is 0.595. The summed E-state index contributed by atoms with van der Waals surface area (Å²) in [6, 6.07) is 23.2. The fraction of sp³-hybridized carbons (Fsp3) is 0.0870. The van der Waals surface area contributed by atoms with Gasteiger partial charge >= 0.3 is 0 Å². The highest BCUT2D eigenvalue weighted by Crippen LogP contribution is 2.35. The lowest BCUT2D eigenvalue weighted by Gasteiger charge is -2.31. The number of para-hydroxylation sites is 1. The zero-order valence-electron chi connectivity index (χ0n) is 16.0. The molecule has 1 heterocycles. The Hall–Kier alpha value is -3.09. The van der Waals surface area contributed by atoms with Gasteiger partial charge in [0.05, 0.1) is 12.2 Å². The molecule has 0 aromatic heterocycles. The second-order valence-corrected chi connectivity index (χ2v) is 9.13. The third kappa shape index (κ3) is 3.97.